The molecule has 6 nitrogen and oxygen atoms in total. The lowest BCUT2D eigenvalue weighted by Gasteiger charge is -2.20. The zero-order valence-electron chi connectivity index (χ0n) is 13.2. The van der Waals surface area contributed by atoms with E-state index in [0.717, 1.165) is 15.8 Å². The number of H-pyrrole nitrogens is 1. The minimum atomic E-state index is -0.614. The van der Waals surface area contributed by atoms with Crippen molar-refractivity contribution in [3.63, 3.8) is 0 Å². The van der Waals surface area contributed by atoms with Crippen LogP contribution in [0.2, 0.25) is 9.36 Å². The largest absolute Gasteiger partial charge is 0.414 e. The average molecular weight is 410 g/mol. The second-order valence-electron chi connectivity index (χ2n) is 5.87. The first-order valence-electron chi connectivity index (χ1n) is 7.79. The van der Waals surface area contributed by atoms with Crippen LogP contribution in [0.15, 0.2) is 30.3 Å². The van der Waals surface area contributed by atoms with Crippen LogP contribution in [0, 0.1) is 0 Å². The highest BCUT2D eigenvalue weighted by atomic mass is 35.5. The van der Waals surface area contributed by atoms with E-state index in [0.29, 0.717) is 27.7 Å². The summed E-state index contributed by atoms with van der Waals surface area (Å²) in [5.74, 6) is 0.276. The Balaban J connectivity index is 1.47. The first kappa shape index (κ1) is 17.2. The number of hydrogen-bond acceptors (Lipinski definition) is 4. The number of carbonyl (C=O) groups is 2. The van der Waals surface area contributed by atoms with Crippen LogP contribution >= 0.6 is 34.5 Å². The number of aromatic nitrogens is 1. The molecule has 0 saturated carbocycles. The maximum atomic E-state index is 12.3. The molecule has 2 heterocycles. The number of halogens is 2. The summed E-state index contributed by atoms with van der Waals surface area (Å²) in [5, 5.41) is 5.98. The van der Waals surface area contributed by atoms with Gasteiger partial charge in [-0.3, -0.25) is 4.79 Å². The molecular formula is C17H13Cl2N3O3S. The van der Waals surface area contributed by atoms with E-state index in [-0.39, 0.29) is 18.0 Å². The summed E-state index contributed by atoms with van der Waals surface area (Å²) in [7, 11) is 0. The summed E-state index contributed by atoms with van der Waals surface area (Å²) in [6, 6.07) is 8.83. The van der Waals surface area contributed by atoms with Crippen LogP contribution in [0.3, 0.4) is 0 Å². The van der Waals surface area contributed by atoms with E-state index in [1.54, 1.807) is 6.07 Å². The monoisotopic (exact) mass is 409 g/mol. The molecular weight excluding hydrogens is 397 g/mol. The van der Waals surface area contributed by atoms with Crippen molar-refractivity contribution in [2.75, 3.05) is 0 Å². The summed E-state index contributed by atoms with van der Waals surface area (Å²) < 4.78 is 6.61. The molecule has 3 N–H and O–H groups in total. The van der Waals surface area contributed by atoms with Gasteiger partial charge in [0.05, 0.1) is 27.3 Å². The van der Waals surface area contributed by atoms with Gasteiger partial charge in [0.1, 0.15) is 4.34 Å². The molecule has 2 atom stereocenters. The number of fused-ring (bicyclic) bond motifs is 2. The molecule has 1 aromatic carbocycles. The van der Waals surface area contributed by atoms with Crippen molar-refractivity contribution < 1.29 is 14.3 Å². The fraction of sp³-hybridized carbons (Fsp3) is 0.176. The van der Waals surface area contributed by atoms with Crippen LogP contribution in [-0.4, -0.2) is 23.5 Å². The lowest BCUT2D eigenvalue weighted by atomic mass is 10.1. The Bertz CT molecular complexity index is 1000. The van der Waals surface area contributed by atoms with E-state index in [9.17, 15) is 9.59 Å². The normalized spacial score (nSPS) is 18.5. The van der Waals surface area contributed by atoms with Gasteiger partial charge in [0, 0.05) is 6.07 Å². The van der Waals surface area contributed by atoms with Gasteiger partial charge < -0.3 is 20.4 Å². The van der Waals surface area contributed by atoms with Gasteiger partial charge in [-0.1, -0.05) is 47.5 Å². The molecule has 1 aliphatic rings. The van der Waals surface area contributed by atoms with Crippen LogP contribution in [-0.2, 0) is 11.2 Å². The number of amides is 2. The first-order valence-corrected chi connectivity index (χ1v) is 9.36. The maximum Gasteiger partial charge on any atom is 0.414 e. The zero-order chi connectivity index (χ0) is 18.3. The van der Waals surface area contributed by atoms with Crippen molar-refractivity contribution in [2.24, 2.45) is 0 Å². The highest BCUT2D eigenvalue weighted by Gasteiger charge is 2.33. The number of ether oxygens (including phenoxy) is 1. The standard InChI is InChI=1S/C17H13Cl2N3O3S/c18-13-15-11(26-16(13)19)6-12(22-15)25-17(24)21-10-5-8-3-1-2-4-9(8)14(10)20-7-23/h1-4,6-7,10,14,22H,5H2,(H,20,23)(H,21,24)/t10-,14-/m1/s1. The van der Waals surface area contributed by atoms with Crippen molar-refractivity contribution in [3.05, 3.63) is 50.8 Å². The molecule has 0 unspecified atom stereocenters. The molecule has 4 rings (SSSR count). The molecule has 134 valence electrons. The molecule has 26 heavy (non-hydrogen) atoms. The van der Waals surface area contributed by atoms with Gasteiger partial charge in [0.25, 0.3) is 0 Å². The highest BCUT2D eigenvalue weighted by Crippen LogP contribution is 2.40. The Morgan fingerprint density at radius 3 is 2.92 bits per heavy atom. The van der Waals surface area contributed by atoms with E-state index >= 15 is 0 Å². The Kier molecular flexibility index (Phi) is 4.52. The lowest BCUT2D eigenvalue weighted by Crippen LogP contribution is -2.43. The third-order valence-electron chi connectivity index (χ3n) is 4.33. The van der Waals surface area contributed by atoms with Crippen LogP contribution < -0.4 is 15.4 Å². The van der Waals surface area contributed by atoms with Crippen LogP contribution in [0.25, 0.3) is 10.2 Å². The molecule has 9 heteroatoms. The minimum Gasteiger partial charge on any atom is -0.393 e. The summed E-state index contributed by atoms with van der Waals surface area (Å²) >= 11 is 13.3. The van der Waals surface area contributed by atoms with Gasteiger partial charge >= 0.3 is 6.09 Å². The van der Waals surface area contributed by atoms with E-state index in [4.69, 9.17) is 27.9 Å². The van der Waals surface area contributed by atoms with Crippen molar-refractivity contribution >= 4 is 57.3 Å². The number of aromatic amines is 1. The molecule has 0 bridgehead atoms. The number of thiophene rings is 1. The predicted octanol–water partition coefficient (Wildman–Crippen LogP) is 4.04. The number of benzene rings is 1. The van der Waals surface area contributed by atoms with Crippen LogP contribution in [0.4, 0.5) is 4.79 Å². The average Bonchev–Trinajstić information content (AvgIpc) is 3.23. The Labute approximate surface area is 162 Å². The fourth-order valence-corrected chi connectivity index (χ4v) is 4.71. The van der Waals surface area contributed by atoms with Crippen LogP contribution in [0.5, 0.6) is 5.88 Å². The molecule has 3 aromatic rings. The van der Waals surface area contributed by atoms with Gasteiger partial charge in [0.2, 0.25) is 12.3 Å². The second-order valence-corrected chi connectivity index (χ2v) is 7.90. The number of carbonyl (C=O) groups excluding carboxylic acids is 2. The third kappa shape index (κ3) is 3.02. The maximum absolute atomic E-state index is 12.3. The highest BCUT2D eigenvalue weighted by molar-refractivity contribution is 7.23. The van der Waals surface area contributed by atoms with Gasteiger partial charge in [-0.25, -0.2) is 4.79 Å². The molecule has 0 radical (unpaired) electrons. The lowest BCUT2D eigenvalue weighted by molar-refractivity contribution is -0.110. The molecule has 2 aromatic heterocycles. The van der Waals surface area contributed by atoms with Gasteiger partial charge in [-0.15, -0.1) is 11.3 Å². The van der Waals surface area contributed by atoms with Gasteiger partial charge in [-0.05, 0) is 17.5 Å². The number of hydrogen-bond donors (Lipinski definition) is 3. The molecule has 1 aliphatic carbocycles. The van der Waals surface area contributed by atoms with E-state index in [2.05, 4.69) is 15.6 Å². The first-order chi connectivity index (χ1) is 12.6. The third-order valence-corrected chi connectivity index (χ3v) is 6.27. The van der Waals surface area contributed by atoms with Crippen molar-refractivity contribution in [3.8, 4) is 5.88 Å². The fourth-order valence-electron chi connectivity index (χ4n) is 3.24. The summed E-state index contributed by atoms with van der Waals surface area (Å²) in [5.41, 5.74) is 2.71. The summed E-state index contributed by atoms with van der Waals surface area (Å²) in [6.45, 7) is 0. The van der Waals surface area contributed by atoms with E-state index < -0.39 is 6.09 Å². The summed E-state index contributed by atoms with van der Waals surface area (Å²) in [6.07, 6.45) is 0.631. The Morgan fingerprint density at radius 1 is 1.35 bits per heavy atom. The van der Waals surface area contributed by atoms with Gasteiger partial charge in [0.15, 0.2) is 0 Å². The van der Waals surface area contributed by atoms with Gasteiger partial charge in [-0.2, -0.15) is 0 Å². The second kappa shape index (κ2) is 6.83. The van der Waals surface area contributed by atoms with E-state index in [1.165, 1.54) is 11.3 Å². The summed E-state index contributed by atoms with van der Waals surface area (Å²) in [4.78, 5) is 26.2. The number of nitrogens with one attached hydrogen (secondary N) is 3. The topological polar surface area (TPSA) is 83.2 Å². The Morgan fingerprint density at radius 2 is 2.15 bits per heavy atom. The molecule has 2 amide bonds. The molecule has 0 aliphatic heterocycles. The van der Waals surface area contributed by atoms with Crippen molar-refractivity contribution in [2.45, 2.75) is 18.5 Å². The predicted molar refractivity (Wildman–Crippen MR) is 101 cm³/mol. The van der Waals surface area contributed by atoms with E-state index in [1.807, 2.05) is 24.3 Å². The minimum absolute atomic E-state index is 0.276. The quantitative estimate of drug-likeness (QED) is 0.568. The zero-order valence-corrected chi connectivity index (χ0v) is 15.5. The molecule has 0 fully saturated rings. The smallest absolute Gasteiger partial charge is 0.393 e. The van der Waals surface area contributed by atoms with Crippen molar-refractivity contribution in [1.82, 2.24) is 15.6 Å². The Hall–Kier alpha value is -2.22. The van der Waals surface area contributed by atoms with Crippen LogP contribution in [0.1, 0.15) is 17.2 Å². The SMILES string of the molecule is O=CN[C@@H]1c2ccccc2C[C@H]1NC(=O)Oc1cc2sc(Cl)c(Cl)c2[nH]1. The van der Waals surface area contributed by atoms with Crippen molar-refractivity contribution in [1.29, 1.82) is 0 Å². The number of rotatable bonds is 4. The molecule has 0 spiro atoms. The molecule has 0 saturated heterocycles.